The van der Waals surface area contributed by atoms with Crippen molar-refractivity contribution in [2.45, 2.75) is 39.7 Å². The summed E-state index contributed by atoms with van der Waals surface area (Å²) in [5.41, 5.74) is 2.21. The lowest BCUT2D eigenvalue weighted by Crippen LogP contribution is -2.46. The number of hydrogen-bond acceptors (Lipinski definition) is 5. The fourth-order valence-corrected chi connectivity index (χ4v) is 2.63. The number of hydrogen-bond donors (Lipinski definition) is 1. The number of carbonyl (C=O) groups is 2. The first-order valence-corrected chi connectivity index (χ1v) is 6.77. The van der Waals surface area contributed by atoms with Crippen LogP contribution in [0.25, 0.3) is 0 Å². The summed E-state index contributed by atoms with van der Waals surface area (Å²) in [7, 11) is 0. The normalized spacial score (nSPS) is 26.4. The van der Waals surface area contributed by atoms with Gasteiger partial charge in [-0.15, -0.1) is 0 Å². The van der Waals surface area contributed by atoms with Gasteiger partial charge in [-0.05, 0) is 45.4 Å². The molecule has 1 saturated heterocycles. The van der Waals surface area contributed by atoms with Gasteiger partial charge in [-0.2, -0.15) is 0 Å². The highest BCUT2D eigenvalue weighted by atomic mass is 16.4. The van der Waals surface area contributed by atoms with Gasteiger partial charge in [0.15, 0.2) is 0 Å². The largest absolute Gasteiger partial charge is 0.550 e. The number of carboxylic acid groups (broad SMARTS) is 2. The monoisotopic (exact) mass is 279 g/mol. The maximum atomic E-state index is 11.0. The van der Waals surface area contributed by atoms with Crippen LogP contribution < -0.4 is 15.5 Å². The summed E-state index contributed by atoms with van der Waals surface area (Å²) in [6.07, 6.45) is 4.57. The Morgan fingerprint density at radius 2 is 1.85 bits per heavy atom. The lowest BCUT2D eigenvalue weighted by molar-refractivity contribution is -0.311. The Kier molecular flexibility index (Phi) is 5.95. The third-order valence-electron chi connectivity index (χ3n) is 3.71. The Balaban J connectivity index is 2.83. The van der Waals surface area contributed by atoms with E-state index in [0.29, 0.717) is 6.54 Å². The molecule has 0 unspecified atom stereocenters. The molecule has 0 aromatic heterocycles. The van der Waals surface area contributed by atoms with E-state index in [9.17, 15) is 19.8 Å². The van der Waals surface area contributed by atoms with Crippen LogP contribution in [0.2, 0.25) is 0 Å². The second-order valence-corrected chi connectivity index (χ2v) is 5.52. The summed E-state index contributed by atoms with van der Waals surface area (Å²) >= 11 is 0. The summed E-state index contributed by atoms with van der Waals surface area (Å²) in [4.78, 5) is 21.9. The third-order valence-corrected chi connectivity index (χ3v) is 3.71. The van der Waals surface area contributed by atoms with Crippen LogP contribution >= 0.6 is 0 Å². The van der Waals surface area contributed by atoms with E-state index in [1.807, 2.05) is 26.8 Å². The molecule has 5 heteroatoms. The van der Waals surface area contributed by atoms with E-state index in [1.165, 1.54) is 5.57 Å². The first-order chi connectivity index (χ1) is 9.32. The zero-order valence-corrected chi connectivity index (χ0v) is 12.1. The molecule has 112 valence electrons. The second kappa shape index (κ2) is 7.24. The molecule has 1 aliphatic heterocycles. The van der Waals surface area contributed by atoms with Crippen LogP contribution in [0.4, 0.5) is 0 Å². The molecule has 0 radical (unpaired) electrons. The van der Waals surface area contributed by atoms with Crippen molar-refractivity contribution in [2.75, 3.05) is 6.54 Å². The number of aliphatic carboxylic acids is 2. The first-order valence-electron chi connectivity index (χ1n) is 6.77. The molecule has 0 bridgehead atoms. The molecule has 5 nitrogen and oxygen atoms in total. The van der Waals surface area contributed by atoms with Gasteiger partial charge >= 0.3 is 0 Å². The summed E-state index contributed by atoms with van der Waals surface area (Å²) in [6.45, 7) is 6.37. The average Bonchev–Trinajstić information content (AvgIpc) is 2.71. The molecule has 20 heavy (non-hydrogen) atoms. The van der Waals surface area contributed by atoms with Crippen LogP contribution in [0.5, 0.6) is 0 Å². The van der Waals surface area contributed by atoms with E-state index < -0.39 is 23.9 Å². The molecule has 1 rings (SSSR count). The minimum Gasteiger partial charge on any atom is -0.550 e. The van der Waals surface area contributed by atoms with Gasteiger partial charge in [0.25, 0.3) is 0 Å². The van der Waals surface area contributed by atoms with Crippen molar-refractivity contribution >= 4 is 11.9 Å². The lowest BCUT2D eigenvalue weighted by atomic mass is 9.83. The predicted octanol–water partition coefficient (Wildman–Crippen LogP) is -0.617. The smallest absolute Gasteiger partial charge is 0.0587 e. The molecule has 1 heterocycles. The third kappa shape index (κ3) is 4.49. The van der Waals surface area contributed by atoms with Gasteiger partial charge in [0.2, 0.25) is 0 Å². The fourth-order valence-electron chi connectivity index (χ4n) is 2.63. The van der Waals surface area contributed by atoms with Crippen molar-refractivity contribution in [1.29, 1.82) is 0 Å². The van der Waals surface area contributed by atoms with E-state index in [2.05, 4.69) is 11.4 Å². The maximum Gasteiger partial charge on any atom is 0.0587 e. The zero-order chi connectivity index (χ0) is 15.3. The molecule has 1 fully saturated rings. The minimum absolute atomic E-state index is 0.110. The van der Waals surface area contributed by atoms with Gasteiger partial charge in [0, 0.05) is 12.5 Å². The topological polar surface area (TPSA) is 92.3 Å². The Morgan fingerprint density at radius 1 is 1.20 bits per heavy atom. The van der Waals surface area contributed by atoms with E-state index in [-0.39, 0.29) is 12.3 Å². The molecule has 1 aliphatic rings. The van der Waals surface area contributed by atoms with Crippen LogP contribution in [0.3, 0.4) is 0 Å². The van der Waals surface area contributed by atoms with Crippen LogP contribution in [0.15, 0.2) is 23.3 Å². The van der Waals surface area contributed by atoms with Gasteiger partial charge < -0.3 is 25.1 Å². The van der Waals surface area contributed by atoms with Crippen molar-refractivity contribution < 1.29 is 19.8 Å². The summed E-state index contributed by atoms with van der Waals surface area (Å²) in [6, 6.07) is -0.926. The van der Waals surface area contributed by atoms with Crippen molar-refractivity contribution in [1.82, 2.24) is 5.32 Å². The van der Waals surface area contributed by atoms with Crippen LogP contribution in [-0.4, -0.2) is 24.5 Å². The van der Waals surface area contributed by atoms with Gasteiger partial charge in [0.05, 0.1) is 12.0 Å². The highest BCUT2D eigenvalue weighted by Crippen LogP contribution is 2.31. The van der Waals surface area contributed by atoms with Crippen molar-refractivity contribution in [2.24, 2.45) is 11.8 Å². The van der Waals surface area contributed by atoms with E-state index in [1.54, 1.807) is 0 Å². The molecule has 0 aliphatic carbocycles. The number of carbonyl (C=O) groups excluding carboxylic acids is 2. The number of allylic oxidation sites excluding steroid dienone is 3. The van der Waals surface area contributed by atoms with Crippen LogP contribution in [-0.2, 0) is 9.59 Å². The summed E-state index contributed by atoms with van der Waals surface area (Å²) in [5, 5.41) is 24.7. The average molecular weight is 279 g/mol. The van der Waals surface area contributed by atoms with Gasteiger partial charge in [-0.3, -0.25) is 0 Å². The van der Waals surface area contributed by atoms with Gasteiger partial charge in [0.1, 0.15) is 0 Å². The Hall–Kier alpha value is -1.62. The number of rotatable bonds is 6. The number of carboxylic acids is 2. The Bertz CT molecular complexity index is 435. The van der Waals surface area contributed by atoms with Crippen LogP contribution in [0.1, 0.15) is 33.6 Å². The highest BCUT2D eigenvalue weighted by molar-refractivity contribution is 5.74. The van der Waals surface area contributed by atoms with Gasteiger partial charge in [-0.25, -0.2) is 0 Å². The van der Waals surface area contributed by atoms with Crippen molar-refractivity contribution in [3.8, 4) is 0 Å². The number of nitrogens with one attached hydrogen (secondary N) is 1. The summed E-state index contributed by atoms with van der Waals surface area (Å²) in [5.74, 6) is -3.11. The Labute approximate surface area is 119 Å². The van der Waals surface area contributed by atoms with Crippen LogP contribution in [0, 0.1) is 11.8 Å². The minimum atomic E-state index is -1.25. The Morgan fingerprint density at radius 3 is 2.35 bits per heavy atom. The zero-order valence-electron chi connectivity index (χ0n) is 12.1. The molecule has 0 aromatic rings. The second-order valence-electron chi connectivity index (χ2n) is 5.52. The molecule has 0 saturated carbocycles. The molecule has 1 N–H and O–H groups in total. The predicted molar refractivity (Wildman–Crippen MR) is 71.2 cm³/mol. The van der Waals surface area contributed by atoms with E-state index in [4.69, 9.17) is 0 Å². The molecular formula is C15H21NO4-2. The molecule has 0 aromatic carbocycles. The standard InChI is InChI=1S/C15H23NO4/c1-9(2)5-4-6-10(3)12-8-16-14(15(19)20)11(12)7-13(17)18/h5-6,11-12,14,16H,4,7-8H2,1-3H3,(H,17,18)(H,19,20)/p-2/b10-6-/t11-,12+,14-/m0/s1. The first kappa shape index (κ1) is 16.4. The highest BCUT2D eigenvalue weighted by Gasteiger charge is 2.37. The van der Waals surface area contributed by atoms with Crippen molar-refractivity contribution in [3.63, 3.8) is 0 Å². The molecule has 0 amide bonds. The SMILES string of the molecule is CC(C)=CC/C=C(/C)[C@H]1CN[C@H](C(=O)[O-])[C@H]1CC(=O)[O-]. The lowest BCUT2D eigenvalue weighted by Gasteiger charge is -2.25. The van der Waals surface area contributed by atoms with E-state index >= 15 is 0 Å². The molecule has 0 spiro atoms. The fraction of sp³-hybridized carbons (Fsp3) is 0.600. The molecule has 3 atom stereocenters. The van der Waals surface area contributed by atoms with E-state index in [0.717, 1.165) is 12.0 Å². The molecular weight excluding hydrogens is 258 g/mol. The van der Waals surface area contributed by atoms with Gasteiger partial charge in [-0.1, -0.05) is 23.3 Å². The summed E-state index contributed by atoms with van der Waals surface area (Å²) < 4.78 is 0. The quantitative estimate of drug-likeness (QED) is 0.654. The van der Waals surface area contributed by atoms with Crippen molar-refractivity contribution in [3.05, 3.63) is 23.3 Å². The maximum absolute atomic E-state index is 11.0.